The molecule has 0 saturated heterocycles. The first-order chi connectivity index (χ1) is 9.29. The summed E-state index contributed by atoms with van der Waals surface area (Å²) in [5, 5.41) is 1.87. The zero-order valence-electron chi connectivity index (χ0n) is 10.3. The molecule has 4 heteroatoms. The van der Waals surface area contributed by atoms with E-state index in [0.717, 1.165) is 39.1 Å². The Morgan fingerprint density at radius 2 is 2.21 bits per heavy atom. The van der Waals surface area contributed by atoms with Crippen molar-refractivity contribution in [2.75, 3.05) is 5.73 Å². The van der Waals surface area contributed by atoms with Crippen molar-refractivity contribution >= 4 is 27.4 Å². The molecule has 1 aromatic carbocycles. The van der Waals surface area contributed by atoms with Crippen LogP contribution in [0.2, 0.25) is 0 Å². The average molecular weight is 267 g/mol. The van der Waals surface area contributed by atoms with Crippen LogP contribution in [0.1, 0.15) is 5.56 Å². The van der Waals surface area contributed by atoms with Crippen LogP contribution in [0.5, 0.6) is 0 Å². The lowest BCUT2D eigenvalue weighted by Gasteiger charge is -2.03. The monoisotopic (exact) mass is 267 g/mol. The summed E-state index contributed by atoms with van der Waals surface area (Å²) in [6, 6.07) is 10.1. The van der Waals surface area contributed by atoms with E-state index < -0.39 is 0 Å². The zero-order valence-corrected chi connectivity index (χ0v) is 11.2. The Hall–Kier alpha value is -2.20. The number of anilines is 1. The van der Waals surface area contributed by atoms with E-state index in [2.05, 4.69) is 28.1 Å². The van der Waals surface area contributed by atoms with Crippen LogP contribution in [-0.4, -0.2) is 9.36 Å². The second-order valence-electron chi connectivity index (χ2n) is 4.28. The fraction of sp³-hybridized carbons (Fsp3) is 0.0667. The van der Waals surface area contributed by atoms with Gasteiger partial charge in [-0.15, -0.1) is 6.58 Å². The topological polar surface area (TPSA) is 51.8 Å². The number of fused-ring (bicyclic) bond motifs is 1. The van der Waals surface area contributed by atoms with Gasteiger partial charge in [0.15, 0.2) is 0 Å². The van der Waals surface area contributed by atoms with Crippen molar-refractivity contribution in [3.8, 4) is 11.3 Å². The van der Waals surface area contributed by atoms with Crippen molar-refractivity contribution in [3.63, 3.8) is 0 Å². The highest BCUT2D eigenvalue weighted by Crippen LogP contribution is 2.32. The number of allylic oxidation sites excluding steroid dienone is 1. The number of hydrogen-bond acceptors (Lipinski definition) is 4. The molecule has 0 atom stereocenters. The molecular weight excluding hydrogens is 254 g/mol. The third kappa shape index (κ3) is 2.11. The highest BCUT2D eigenvalue weighted by molar-refractivity contribution is 7.10. The Kier molecular flexibility index (Phi) is 3.01. The number of aromatic nitrogens is 2. The first kappa shape index (κ1) is 11.9. The molecule has 0 amide bonds. The van der Waals surface area contributed by atoms with Gasteiger partial charge in [-0.05, 0) is 36.2 Å². The lowest BCUT2D eigenvalue weighted by molar-refractivity contribution is 1.28. The van der Waals surface area contributed by atoms with Crippen molar-refractivity contribution < 1.29 is 0 Å². The molecule has 3 nitrogen and oxygen atoms in total. The van der Waals surface area contributed by atoms with Gasteiger partial charge >= 0.3 is 0 Å². The summed E-state index contributed by atoms with van der Waals surface area (Å²) in [7, 11) is 0. The molecule has 2 aromatic heterocycles. The maximum atomic E-state index is 5.97. The van der Waals surface area contributed by atoms with Crippen LogP contribution in [0.25, 0.3) is 22.2 Å². The first-order valence-corrected chi connectivity index (χ1v) is 6.77. The molecule has 0 unspecified atom stereocenters. The Labute approximate surface area is 115 Å². The number of nitrogens with zero attached hydrogens (tertiary/aromatic N) is 2. The summed E-state index contributed by atoms with van der Waals surface area (Å²) in [5.41, 5.74) is 10.0. The third-order valence-electron chi connectivity index (χ3n) is 3.04. The van der Waals surface area contributed by atoms with Gasteiger partial charge in [-0.2, -0.15) is 4.37 Å². The van der Waals surface area contributed by atoms with E-state index in [1.54, 1.807) is 6.20 Å². The summed E-state index contributed by atoms with van der Waals surface area (Å²) in [5.74, 6) is 0. The maximum absolute atomic E-state index is 5.97. The molecule has 0 radical (unpaired) electrons. The van der Waals surface area contributed by atoms with Crippen molar-refractivity contribution in [1.29, 1.82) is 0 Å². The summed E-state index contributed by atoms with van der Waals surface area (Å²) in [6.07, 6.45) is 4.39. The Bertz CT molecular complexity index is 746. The Balaban J connectivity index is 2.16. The van der Waals surface area contributed by atoms with E-state index in [1.165, 1.54) is 11.5 Å². The van der Waals surface area contributed by atoms with Crippen LogP contribution in [0, 0.1) is 0 Å². The molecule has 0 saturated carbocycles. The highest BCUT2D eigenvalue weighted by atomic mass is 32.1. The number of nitrogen functional groups attached to an aromatic ring is 1. The number of rotatable bonds is 3. The fourth-order valence-corrected chi connectivity index (χ4v) is 2.81. The second-order valence-corrected chi connectivity index (χ2v) is 5.08. The van der Waals surface area contributed by atoms with Crippen LogP contribution in [0.4, 0.5) is 5.00 Å². The minimum Gasteiger partial charge on any atom is -0.389 e. The molecular formula is C15H13N3S. The predicted molar refractivity (Wildman–Crippen MR) is 81.2 cm³/mol. The van der Waals surface area contributed by atoms with Gasteiger partial charge in [-0.1, -0.05) is 18.2 Å². The summed E-state index contributed by atoms with van der Waals surface area (Å²) in [4.78, 5) is 4.32. The van der Waals surface area contributed by atoms with Crippen LogP contribution in [0.3, 0.4) is 0 Å². The van der Waals surface area contributed by atoms with E-state index in [9.17, 15) is 0 Å². The molecule has 0 fully saturated rings. The number of benzene rings is 1. The summed E-state index contributed by atoms with van der Waals surface area (Å²) >= 11 is 1.34. The molecule has 3 aromatic rings. The van der Waals surface area contributed by atoms with Crippen LogP contribution in [-0.2, 0) is 6.42 Å². The fourth-order valence-electron chi connectivity index (χ4n) is 2.11. The number of hydrogen-bond donors (Lipinski definition) is 1. The Morgan fingerprint density at radius 1 is 1.32 bits per heavy atom. The van der Waals surface area contributed by atoms with E-state index in [4.69, 9.17) is 5.73 Å². The largest absolute Gasteiger partial charge is 0.389 e. The zero-order chi connectivity index (χ0) is 13.2. The lowest BCUT2D eigenvalue weighted by atomic mass is 10.0. The average Bonchev–Trinajstić information content (AvgIpc) is 2.80. The molecule has 19 heavy (non-hydrogen) atoms. The van der Waals surface area contributed by atoms with Gasteiger partial charge in [0, 0.05) is 22.7 Å². The van der Waals surface area contributed by atoms with Crippen LogP contribution < -0.4 is 5.73 Å². The smallest absolute Gasteiger partial charge is 0.111 e. The van der Waals surface area contributed by atoms with E-state index >= 15 is 0 Å². The molecule has 2 heterocycles. The maximum Gasteiger partial charge on any atom is 0.111 e. The SMILES string of the molecule is C=CCc1c(-c2ccc3ncccc3c2)nsc1N. The van der Waals surface area contributed by atoms with Gasteiger partial charge < -0.3 is 5.73 Å². The molecule has 0 aliphatic rings. The normalized spacial score (nSPS) is 10.7. The number of nitrogens with two attached hydrogens (primary N) is 1. The summed E-state index contributed by atoms with van der Waals surface area (Å²) in [6.45, 7) is 3.77. The highest BCUT2D eigenvalue weighted by Gasteiger charge is 2.12. The minimum absolute atomic E-state index is 0.739. The molecule has 0 aliphatic heterocycles. The second kappa shape index (κ2) is 4.82. The quantitative estimate of drug-likeness (QED) is 0.737. The predicted octanol–water partition coefficient (Wildman–Crippen LogP) is 3.67. The minimum atomic E-state index is 0.739. The standard InChI is InChI=1S/C15H13N3S/c1-2-4-12-14(18-19-15(12)16)11-6-7-13-10(9-11)5-3-8-17-13/h2-3,5-9H,1,4,16H2. The number of pyridine rings is 1. The summed E-state index contributed by atoms with van der Waals surface area (Å²) < 4.78 is 4.46. The van der Waals surface area contributed by atoms with E-state index in [1.807, 2.05) is 24.3 Å². The first-order valence-electron chi connectivity index (χ1n) is 5.99. The van der Waals surface area contributed by atoms with Gasteiger partial charge in [0.05, 0.1) is 11.2 Å². The van der Waals surface area contributed by atoms with Crippen molar-refractivity contribution in [1.82, 2.24) is 9.36 Å². The lowest BCUT2D eigenvalue weighted by Crippen LogP contribution is -1.90. The van der Waals surface area contributed by atoms with Gasteiger partial charge in [0.1, 0.15) is 5.00 Å². The van der Waals surface area contributed by atoms with Crippen LogP contribution >= 0.6 is 11.5 Å². The van der Waals surface area contributed by atoms with Gasteiger partial charge in [-0.25, -0.2) is 0 Å². The van der Waals surface area contributed by atoms with E-state index in [-0.39, 0.29) is 0 Å². The van der Waals surface area contributed by atoms with E-state index in [0.29, 0.717) is 0 Å². The van der Waals surface area contributed by atoms with Crippen molar-refractivity contribution in [2.45, 2.75) is 6.42 Å². The molecule has 0 bridgehead atoms. The molecule has 94 valence electrons. The molecule has 2 N–H and O–H groups in total. The molecule has 0 aliphatic carbocycles. The molecule has 0 spiro atoms. The van der Waals surface area contributed by atoms with Gasteiger partial charge in [0.2, 0.25) is 0 Å². The van der Waals surface area contributed by atoms with Crippen molar-refractivity contribution in [2.24, 2.45) is 0 Å². The van der Waals surface area contributed by atoms with Crippen LogP contribution in [0.15, 0.2) is 49.2 Å². The van der Waals surface area contributed by atoms with Gasteiger partial charge in [0.25, 0.3) is 0 Å². The van der Waals surface area contributed by atoms with Crippen molar-refractivity contribution in [3.05, 3.63) is 54.7 Å². The Morgan fingerprint density at radius 3 is 3.05 bits per heavy atom. The molecule has 3 rings (SSSR count). The third-order valence-corrected chi connectivity index (χ3v) is 3.76. The van der Waals surface area contributed by atoms with Gasteiger partial charge in [-0.3, -0.25) is 4.98 Å².